The van der Waals surface area contributed by atoms with Crippen molar-refractivity contribution in [1.29, 1.82) is 0 Å². The first kappa shape index (κ1) is 29.3. The molecule has 0 aliphatic carbocycles. The SMILES string of the molecule is CCCC[C@@H](CCOC)Nc1nc(N)nc(CC)c1Cc1cc(Cc2nn[nH]n2)ccc1OC.O=C=O. The van der Waals surface area contributed by atoms with Crippen LogP contribution in [0.15, 0.2) is 18.2 Å². The number of methoxy groups -OCH3 is 2. The highest BCUT2D eigenvalue weighted by Gasteiger charge is 2.19. The Kier molecular flexibility index (Phi) is 12.7. The molecular formula is C25H36N8O4. The van der Waals surface area contributed by atoms with Gasteiger partial charge in [0.2, 0.25) is 5.95 Å². The lowest BCUT2D eigenvalue weighted by molar-refractivity contribution is -0.191. The van der Waals surface area contributed by atoms with Crippen molar-refractivity contribution in [1.82, 2.24) is 30.6 Å². The number of nitrogen functional groups attached to an aromatic ring is 1. The lowest BCUT2D eigenvalue weighted by atomic mass is 9.98. The van der Waals surface area contributed by atoms with E-state index in [9.17, 15) is 0 Å². The zero-order valence-corrected chi connectivity index (χ0v) is 21.9. The Balaban J connectivity index is 0.00000153. The first-order chi connectivity index (χ1) is 18.0. The Bertz CT molecular complexity index is 1110. The molecule has 37 heavy (non-hydrogen) atoms. The van der Waals surface area contributed by atoms with E-state index < -0.39 is 0 Å². The number of unbranched alkanes of at least 4 members (excludes halogenated alkanes) is 1. The molecule has 0 saturated heterocycles. The lowest BCUT2D eigenvalue weighted by Gasteiger charge is -2.22. The van der Waals surface area contributed by atoms with Gasteiger partial charge in [0, 0.05) is 38.2 Å². The molecule has 0 amide bonds. The highest BCUT2D eigenvalue weighted by molar-refractivity contribution is 5.54. The lowest BCUT2D eigenvalue weighted by Crippen LogP contribution is -2.24. The number of H-pyrrole nitrogens is 1. The van der Waals surface area contributed by atoms with Crippen LogP contribution in [0.2, 0.25) is 0 Å². The van der Waals surface area contributed by atoms with Crippen LogP contribution in [0.25, 0.3) is 0 Å². The Morgan fingerprint density at radius 2 is 1.92 bits per heavy atom. The van der Waals surface area contributed by atoms with E-state index in [1.165, 1.54) is 0 Å². The van der Waals surface area contributed by atoms with Crippen molar-refractivity contribution in [2.75, 3.05) is 31.9 Å². The standard InChI is InChI=1S/C24H36N8O2.CO2/c1-5-7-8-18(11-12-33-3)26-23-19(20(6-2)27-24(25)28-23)15-17-13-16(9-10-21(17)34-4)14-22-29-31-32-30-22;2-1-3/h9-10,13,18H,5-8,11-12,14-15H2,1-4H3,(H3,25,26,27,28)(H,29,30,31,32);/t18-;/m0./s1. The molecule has 12 heteroatoms. The minimum absolute atomic E-state index is 0.240. The highest BCUT2D eigenvalue weighted by atomic mass is 16.5. The monoisotopic (exact) mass is 512 g/mol. The molecule has 0 fully saturated rings. The summed E-state index contributed by atoms with van der Waals surface area (Å²) in [5, 5.41) is 17.9. The van der Waals surface area contributed by atoms with Gasteiger partial charge in [-0.25, -0.2) is 4.98 Å². The maximum absolute atomic E-state index is 8.12. The Hall–Kier alpha value is -3.89. The topological polar surface area (TPSA) is 171 Å². The smallest absolute Gasteiger partial charge is 0.373 e. The van der Waals surface area contributed by atoms with Gasteiger partial charge in [-0.2, -0.15) is 19.8 Å². The molecular weight excluding hydrogens is 476 g/mol. The Morgan fingerprint density at radius 1 is 1.14 bits per heavy atom. The molecule has 0 radical (unpaired) electrons. The zero-order chi connectivity index (χ0) is 27.0. The molecule has 3 aromatic rings. The number of aromatic nitrogens is 6. The number of nitrogens with one attached hydrogen (secondary N) is 2. The quantitative estimate of drug-likeness (QED) is 0.290. The van der Waals surface area contributed by atoms with Gasteiger partial charge in [-0.3, -0.25) is 0 Å². The van der Waals surface area contributed by atoms with Gasteiger partial charge < -0.3 is 20.5 Å². The minimum Gasteiger partial charge on any atom is -0.496 e. The average molecular weight is 513 g/mol. The summed E-state index contributed by atoms with van der Waals surface area (Å²) < 4.78 is 11.0. The normalized spacial score (nSPS) is 11.2. The van der Waals surface area contributed by atoms with Crippen molar-refractivity contribution >= 4 is 17.9 Å². The zero-order valence-electron chi connectivity index (χ0n) is 21.9. The molecule has 0 spiro atoms. The van der Waals surface area contributed by atoms with Crippen LogP contribution < -0.4 is 15.8 Å². The van der Waals surface area contributed by atoms with E-state index in [0.717, 1.165) is 66.1 Å². The van der Waals surface area contributed by atoms with E-state index in [0.29, 0.717) is 25.3 Å². The summed E-state index contributed by atoms with van der Waals surface area (Å²) in [5.41, 5.74) is 10.2. The summed E-state index contributed by atoms with van der Waals surface area (Å²) in [6, 6.07) is 6.35. The molecule has 200 valence electrons. The van der Waals surface area contributed by atoms with Crippen molar-refractivity contribution in [3.8, 4) is 5.75 Å². The molecule has 4 N–H and O–H groups in total. The molecule has 0 unspecified atom stereocenters. The molecule has 0 aliphatic heterocycles. The van der Waals surface area contributed by atoms with E-state index in [2.05, 4.69) is 55.8 Å². The maximum atomic E-state index is 8.12. The third kappa shape index (κ3) is 9.25. The van der Waals surface area contributed by atoms with Gasteiger partial charge in [-0.1, -0.05) is 44.0 Å². The number of rotatable bonds is 14. The van der Waals surface area contributed by atoms with Crippen molar-refractivity contribution in [3.05, 3.63) is 46.4 Å². The number of benzene rings is 1. The number of hydrogen-bond donors (Lipinski definition) is 3. The molecule has 0 bridgehead atoms. The molecule has 12 nitrogen and oxygen atoms in total. The third-order valence-electron chi connectivity index (χ3n) is 5.83. The second-order valence-electron chi connectivity index (χ2n) is 8.39. The predicted octanol–water partition coefficient (Wildman–Crippen LogP) is 2.75. The number of aryl methyl sites for hydroxylation is 1. The van der Waals surface area contributed by atoms with Gasteiger partial charge in [-0.05, 0) is 36.5 Å². The molecule has 2 aromatic heterocycles. The summed E-state index contributed by atoms with van der Waals surface area (Å²) in [5.74, 6) is 2.51. The number of hydrogen-bond acceptors (Lipinski definition) is 11. The van der Waals surface area contributed by atoms with Crippen molar-refractivity contribution in [2.45, 2.75) is 64.8 Å². The van der Waals surface area contributed by atoms with Crippen molar-refractivity contribution < 1.29 is 19.1 Å². The van der Waals surface area contributed by atoms with Gasteiger partial charge >= 0.3 is 6.15 Å². The predicted molar refractivity (Wildman–Crippen MR) is 137 cm³/mol. The molecule has 0 saturated carbocycles. The van der Waals surface area contributed by atoms with Gasteiger partial charge in [-0.15, -0.1) is 10.2 Å². The molecule has 2 heterocycles. The highest BCUT2D eigenvalue weighted by Crippen LogP contribution is 2.29. The summed E-state index contributed by atoms with van der Waals surface area (Å²) in [4.78, 5) is 25.4. The largest absolute Gasteiger partial charge is 0.496 e. The van der Waals surface area contributed by atoms with Gasteiger partial charge in [0.25, 0.3) is 0 Å². The van der Waals surface area contributed by atoms with Crippen LogP contribution in [0.4, 0.5) is 11.8 Å². The van der Waals surface area contributed by atoms with Crippen LogP contribution in [0.1, 0.15) is 67.7 Å². The van der Waals surface area contributed by atoms with Crippen LogP contribution in [-0.2, 0) is 33.6 Å². The minimum atomic E-state index is 0.240. The van der Waals surface area contributed by atoms with E-state index in [4.69, 9.17) is 24.8 Å². The number of aromatic amines is 1. The number of ether oxygens (including phenoxy) is 2. The summed E-state index contributed by atoms with van der Waals surface area (Å²) in [6.07, 6.45) is 6.38. The fourth-order valence-electron chi connectivity index (χ4n) is 4.05. The van der Waals surface area contributed by atoms with Gasteiger partial charge in [0.1, 0.15) is 11.6 Å². The van der Waals surface area contributed by atoms with Crippen molar-refractivity contribution in [3.63, 3.8) is 0 Å². The van der Waals surface area contributed by atoms with E-state index in [1.54, 1.807) is 14.2 Å². The summed E-state index contributed by atoms with van der Waals surface area (Å²) in [6.45, 7) is 4.97. The molecule has 1 atom stereocenters. The Morgan fingerprint density at radius 3 is 2.54 bits per heavy atom. The van der Waals surface area contributed by atoms with Crippen LogP contribution in [0.3, 0.4) is 0 Å². The summed E-state index contributed by atoms with van der Waals surface area (Å²) in [7, 11) is 3.41. The second kappa shape index (κ2) is 16.0. The number of nitrogens with zero attached hydrogens (tertiary/aromatic N) is 5. The number of carbonyl (C=O) groups excluding carboxylic acids is 2. The number of tetrazole rings is 1. The van der Waals surface area contributed by atoms with Crippen LogP contribution in [0.5, 0.6) is 5.75 Å². The number of nitrogens with two attached hydrogens (primary N) is 1. The van der Waals surface area contributed by atoms with Crippen LogP contribution in [-0.4, -0.2) is 63.6 Å². The second-order valence-corrected chi connectivity index (χ2v) is 8.39. The first-order valence-corrected chi connectivity index (χ1v) is 12.3. The maximum Gasteiger partial charge on any atom is 0.373 e. The fourth-order valence-corrected chi connectivity index (χ4v) is 4.05. The van der Waals surface area contributed by atoms with Gasteiger partial charge in [0.05, 0.1) is 12.8 Å². The van der Waals surface area contributed by atoms with E-state index >= 15 is 0 Å². The van der Waals surface area contributed by atoms with E-state index in [1.807, 2.05) is 12.1 Å². The van der Waals surface area contributed by atoms with Crippen molar-refractivity contribution in [2.24, 2.45) is 0 Å². The van der Waals surface area contributed by atoms with Gasteiger partial charge in [0.15, 0.2) is 5.82 Å². The average Bonchev–Trinajstić information content (AvgIpc) is 3.40. The first-order valence-electron chi connectivity index (χ1n) is 12.3. The third-order valence-corrected chi connectivity index (χ3v) is 5.83. The molecule has 1 aromatic carbocycles. The van der Waals surface area contributed by atoms with E-state index in [-0.39, 0.29) is 18.1 Å². The van der Waals surface area contributed by atoms with Crippen LogP contribution >= 0.6 is 0 Å². The number of anilines is 2. The Labute approximate surface area is 216 Å². The van der Waals surface area contributed by atoms with Crippen LogP contribution in [0, 0.1) is 0 Å². The molecule has 0 aliphatic rings. The summed E-state index contributed by atoms with van der Waals surface area (Å²) >= 11 is 0. The molecule has 3 rings (SSSR count). The fraction of sp³-hybridized carbons (Fsp3) is 0.520.